The Labute approximate surface area is 67.2 Å². The van der Waals surface area contributed by atoms with Gasteiger partial charge in [0.1, 0.15) is 0 Å². The summed E-state index contributed by atoms with van der Waals surface area (Å²) in [5.74, 6) is -2.24. The summed E-state index contributed by atoms with van der Waals surface area (Å²) in [5.41, 5.74) is 0. The maximum atomic E-state index is 11.4. The number of hydrogen-bond acceptors (Lipinski definition) is 4. The number of alkyl halides is 3. The second kappa shape index (κ2) is 4.94. The van der Waals surface area contributed by atoms with E-state index in [0.717, 1.165) is 7.11 Å². The first-order valence-electron chi connectivity index (χ1n) is 2.68. The molecule has 0 radical (unpaired) electrons. The van der Waals surface area contributed by atoms with Crippen LogP contribution >= 0.6 is 0 Å². The summed E-state index contributed by atoms with van der Waals surface area (Å²) in [7, 11) is 1.13. The number of methoxy groups -OCH3 is 1. The predicted molar refractivity (Wildman–Crippen MR) is 33.6 cm³/mol. The van der Waals surface area contributed by atoms with Crippen LogP contribution in [-0.2, 0) is 14.3 Å². The molecule has 0 saturated carbocycles. The Kier molecular flexibility index (Phi) is 5.66. The molecule has 0 aliphatic carbocycles. The van der Waals surface area contributed by atoms with E-state index < -0.39 is 18.4 Å². The molecule has 1 unspecified atom stereocenters. The van der Waals surface area contributed by atoms with Gasteiger partial charge < -0.3 is 15.6 Å². The molecular weight excluding hydrogens is 179 g/mol. The SMILES string of the molecule is COC(C)OC(=O)C(F)(F)F.N. The lowest BCUT2D eigenvalue weighted by molar-refractivity contribution is -0.220. The molecule has 0 heterocycles. The molecule has 4 nitrogen and oxygen atoms in total. The first kappa shape index (κ1) is 13.7. The van der Waals surface area contributed by atoms with E-state index in [2.05, 4.69) is 9.47 Å². The monoisotopic (exact) mass is 189 g/mol. The molecule has 0 rings (SSSR count). The van der Waals surface area contributed by atoms with Crippen LogP contribution in [0.1, 0.15) is 6.92 Å². The van der Waals surface area contributed by atoms with Crippen molar-refractivity contribution in [2.45, 2.75) is 19.4 Å². The lowest BCUT2D eigenvalue weighted by Gasteiger charge is -2.11. The van der Waals surface area contributed by atoms with Crippen molar-refractivity contribution in [1.29, 1.82) is 0 Å². The molecule has 0 bridgehead atoms. The maximum Gasteiger partial charge on any atom is 0.491 e. The normalized spacial score (nSPS) is 13.1. The van der Waals surface area contributed by atoms with Gasteiger partial charge in [-0.25, -0.2) is 4.79 Å². The molecule has 0 aromatic rings. The largest absolute Gasteiger partial charge is 0.491 e. The first-order valence-corrected chi connectivity index (χ1v) is 2.68. The van der Waals surface area contributed by atoms with Crippen molar-refractivity contribution in [2.24, 2.45) is 0 Å². The van der Waals surface area contributed by atoms with Gasteiger partial charge in [-0.05, 0) is 6.92 Å². The molecule has 74 valence electrons. The van der Waals surface area contributed by atoms with Gasteiger partial charge in [-0.1, -0.05) is 0 Å². The molecule has 3 N–H and O–H groups in total. The van der Waals surface area contributed by atoms with Crippen molar-refractivity contribution >= 4 is 5.97 Å². The molecule has 1 atom stereocenters. The first-order chi connectivity index (χ1) is 4.88. The van der Waals surface area contributed by atoms with E-state index in [0.29, 0.717) is 0 Å². The van der Waals surface area contributed by atoms with Gasteiger partial charge in [-0.2, -0.15) is 13.2 Å². The highest BCUT2D eigenvalue weighted by Gasteiger charge is 2.41. The summed E-state index contributed by atoms with van der Waals surface area (Å²) >= 11 is 0. The third kappa shape index (κ3) is 4.91. The van der Waals surface area contributed by atoms with Crippen LogP contribution < -0.4 is 6.15 Å². The van der Waals surface area contributed by atoms with Crippen LogP contribution in [-0.4, -0.2) is 25.5 Å². The van der Waals surface area contributed by atoms with Crippen LogP contribution in [0.3, 0.4) is 0 Å². The van der Waals surface area contributed by atoms with E-state index >= 15 is 0 Å². The van der Waals surface area contributed by atoms with Gasteiger partial charge in [0.2, 0.25) is 0 Å². The van der Waals surface area contributed by atoms with E-state index in [-0.39, 0.29) is 6.15 Å². The van der Waals surface area contributed by atoms with Gasteiger partial charge in [0, 0.05) is 7.11 Å². The quantitative estimate of drug-likeness (QED) is 0.524. The van der Waals surface area contributed by atoms with Gasteiger partial charge in [0.05, 0.1) is 0 Å². The minimum atomic E-state index is -4.95. The lowest BCUT2D eigenvalue weighted by atomic mass is 10.6. The Bertz CT molecular complexity index is 147. The molecular formula is C5H10F3NO3. The fraction of sp³-hybridized carbons (Fsp3) is 0.800. The average Bonchev–Trinajstić information content (AvgIpc) is 1.85. The lowest BCUT2D eigenvalue weighted by Crippen LogP contribution is -2.29. The van der Waals surface area contributed by atoms with E-state index in [1.54, 1.807) is 0 Å². The van der Waals surface area contributed by atoms with Crippen molar-refractivity contribution in [1.82, 2.24) is 6.15 Å². The van der Waals surface area contributed by atoms with Gasteiger partial charge in [-0.3, -0.25) is 0 Å². The molecule has 0 spiro atoms. The van der Waals surface area contributed by atoms with Crippen molar-refractivity contribution in [3.63, 3.8) is 0 Å². The van der Waals surface area contributed by atoms with Crippen LogP contribution in [0.15, 0.2) is 0 Å². The number of halogens is 3. The molecule has 0 aromatic heterocycles. The fourth-order valence-electron chi connectivity index (χ4n) is 0.266. The van der Waals surface area contributed by atoms with Crippen LogP contribution in [0.25, 0.3) is 0 Å². The number of hydrogen-bond donors (Lipinski definition) is 1. The highest BCUT2D eigenvalue weighted by Crippen LogP contribution is 2.17. The summed E-state index contributed by atoms with van der Waals surface area (Å²) < 4.78 is 42.3. The minimum Gasteiger partial charge on any atom is -0.429 e. The molecule has 7 heteroatoms. The highest BCUT2D eigenvalue weighted by atomic mass is 19.4. The molecule has 0 saturated heterocycles. The highest BCUT2D eigenvalue weighted by molar-refractivity contribution is 5.75. The number of rotatable bonds is 2. The summed E-state index contributed by atoms with van der Waals surface area (Å²) in [4.78, 5) is 10.0. The van der Waals surface area contributed by atoms with Crippen LogP contribution in [0.2, 0.25) is 0 Å². The van der Waals surface area contributed by atoms with E-state index in [1.165, 1.54) is 6.92 Å². The van der Waals surface area contributed by atoms with E-state index in [4.69, 9.17) is 0 Å². The Morgan fingerprint density at radius 1 is 1.42 bits per heavy atom. The zero-order valence-electron chi connectivity index (χ0n) is 6.64. The van der Waals surface area contributed by atoms with E-state index in [9.17, 15) is 18.0 Å². The number of carbonyl (C=O) groups excluding carboxylic acids is 1. The van der Waals surface area contributed by atoms with E-state index in [1.807, 2.05) is 0 Å². The summed E-state index contributed by atoms with van der Waals surface area (Å²) in [5, 5.41) is 0. The average molecular weight is 189 g/mol. The Hall–Kier alpha value is -0.820. The molecule has 0 amide bonds. The zero-order chi connectivity index (χ0) is 9.07. The van der Waals surface area contributed by atoms with Gasteiger partial charge in [-0.15, -0.1) is 0 Å². The maximum absolute atomic E-state index is 11.4. The summed E-state index contributed by atoms with van der Waals surface area (Å²) in [6, 6.07) is 0. The minimum absolute atomic E-state index is 0. The second-order valence-electron chi connectivity index (χ2n) is 1.71. The van der Waals surface area contributed by atoms with Crippen molar-refractivity contribution in [2.75, 3.05) is 7.11 Å². The number of carbonyl (C=O) groups is 1. The zero-order valence-corrected chi connectivity index (χ0v) is 6.64. The number of esters is 1. The smallest absolute Gasteiger partial charge is 0.429 e. The van der Waals surface area contributed by atoms with Gasteiger partial charge in [0.15, 0.2) is 6.29 Å². The van der Waals surface area contributed by atoms with Crippen molar-refractivity contribution in [3.05, 3.63) is 0 Å². The number of ether oxygens (including phenoxy) is 2. The molecule has 0 aliphatic rings. The Balaban J connectivity index is 0. The summed E-state index contributed by atoms with van der Waals surface area (Å²) in [6.07, 6.45) is -6.13. The van der Waals surface area contributed by atoms with Gasteiger partial charge in [0.25, 0.3) is 0 Å². The van der Waals surface area contributed by atoms with Crippen LogP contribution in [0.4, 0.5) is 13.2 Å². The molecule has 0 fully saturated rings. The van der Waals surface area contributed by atoms with Crippen molar-refractivity contribution < 1.29 is 27.4 Å². The van der Waals surface area contributed by atoms with Gasteiger partial charge >= 0.3 is 12.1 Å². The standard InChI is InChI=1S/C5H7F3O3.H3N/c1-3(10-2)11-4(9)5(6,7)8;/h3H,1-2H3;1H3. The predicted octanol–water partition coefficient (Wildman–Crippen LogP) is 1.25. The Morgan fingerprint density at radius 2 is 1.83 bits per heavy atom. The van der Waals surface area contributed by atoms with Crippen LogP contribution in [0.5, 0.6) is 0 Å². The Morgan fingerprint density at radius 3 is 2.08 bits per heavy atom. The topological polar surface area (TPSA) is 70.5 Å². The molecule has 12 heavy (non-hydrogen) atoms. The second-order valence-corrected chi connectivity index (χ2v) is 1.71. The molecule has 0 aromatic carbocycles. The third-order valence-electron chi connectivity index (χ3n) is 0.836. The van der Waals surface area contributed by atoms with Crippen LogP contribution in [0, 0.1) is 0 Å². The summed E-state index contributed by atoms with van der Waals surface area (Å²) in [6.45, 7) is 1.18. The van der Waals surface area contributed by atoms with Crippen molar-refractivity contribution in [3.8, 4) is 0 Å². The third-order valence-corrected chi connectivity index (χ3v) is 0.836. The molecule has 0 aliphatic heterocycles. The fourth-order valence-corrected chi connectivity index (χ4v) is 0.266.